The molecule has 0 spiro atoms. The van der Waals surface area contributed by atoms with Crippen LogP contribution in [0, 0.1) is 0 Å². The number of rotatable bonds is 5. The molecule has 1 atom stereocenters. The van der Waals surface area contributed by atoms with Gasteiger partial charge in [0, 0.05) is 18.2 Å². The molecule has 26 heavy (non-hydrogen) atoms. The molecule has 0 aliphatic carbocycles. The number of hydrogen-bond acceptors (Lipinski definition) is 4. The van der Waals surface area contributed by atoms with Gasteiger partial charge in [0.25, 0.3) is 5.91 Å². The zero-order valence-corrected chi connectivity index (χ0v) is 15.5. The Kier molecular flexibility index (Phi) is 5.58. The fourth-order valence-electron chi connectivity index (χ4n) is 3.08. The molecule has 7 heteroatoms. The second kappa shape index (κ2) is 7.88. The van der Waals surface area contributed by atoms with E-state index in [1.54, 1.807) is 12.1 Å². The molecular weight excluding hydrogens is 350 g/mol. The Morgan fingerprint density at radius 3 is 2.58 bits per heavy atom. The van der Waals surface area contributed by atoms with Crippen molar-refractivity contribution in [1.29, 1.82) is 0 Å². The van der Waals surface area contributed by atoms with Crippen LogP contribution in [0.2, 0.25) is 0 Å². The van der Waals surface area contributed by atoms with E-state index in [-0.39, 0.29) is 10.9 Å². The summed E-state index contributed by atoms with van der Waals surface area (Å²) in [7, 11) is -3.60. The number of para-hydroxylation sites is 1. The number of sulfonamides is 1. The van der Waals surface area contributed by atoms with Crippen LogP contribution in [-0.4, -0.2) is 31.2 Å². The minimum atomic E-state index is -3.60. The summed E-state index contributed by atoms with van der Waals surface area (Å²) in [6.07, 6.45) is 2.77. The summed E-state index contributed by atoms with van der Waals surface area (Å²) in [5.41, 5.74) is 6.43. The molecule has 0 radical (unpaired) electrons. The third kappa shape index (κ3) is 4.05. The van der Waals surface area contributed by atoms with Crippen molar-refractivity contribution < 1.29 is 13.2 Å². The van der Waals surface area contributed by atoms with Crippen LogP contribution in [0.5, 0.6) is 0 Å². The van der Waals surface area contributed by atoms with Crippen LogP contribution in [0.4, 0.5) is 5.69 Å². The van der Waals surface area contributed by atoms with E-state index in [1.165, 1.54) is 16.4 Å². The highest BCUT2D eigenvalue weighted by molar-refractivity contribution is 7.89. The maximum atomic E-state index is 12.9. The fraction of sp³-hybridized carbons (Fsp3) is 0.316. The lowest BCUT2D eigenvalue weighted by atomic mass is 10.1. The Morgan fingerprint density at radius 2 is 1.85 bits per heavy atom. The maximum absolute atomic E-state index is 12.9. The molecule has 1 heterocycles. The molecule has 1 amide bonds. The standard InChI is InChI=1S/C19H23N3O3S/c1-15-8-5-6-13-22(15)26(24,25)18-12-7-9-16(14-18)19(23)21-20-17-10-3-2-4-11-17/h2-4,7,9-12,14-15,20H,5-6,8,13H2,1H3,(H,21,23). The molecule has 2 aromatic carbocycles. The van der Waals surface area contributed by atoms with Gasteiger partial charge < -0.3 is 0 Å². The molecule has 2 aromatic rings. The first-order valence-corrected chi connectivity index (χ1v) is 10.2. The second-order valence-corrected chi connectivity index (χ2v) is 8.32. The molecule has 0 aromatic heterocycles. The molecule has 1 aliphatic heterocycles. The van der Waals surface area contributed by atoms with Crippen molar-refractivity contribution in [1.82, 2.24) is 9.73 Å². The van der Waals surface area contributed by atoms with Gasteiger partial charge in [-0.2, -0.15) is 4.31 Å². The molecule has 3 rings (SSSR count). The van der Waals surface area contributed by atoms with Crippen molar-refractivity contribution >= 4 is 21.6 Å². The van der Waals surface area contributed by atoms with E-state index in [4.69, 9.17) is 0 Å². The van der Waals surface area contributed by atoms with Crippen LogP contribution < -0.4 is 10.9 Å². The van der Waals surface area contributed by atoms with Crippen LogP contribution >= 0.6 is 0 Å². The number of amides is 1. The van der Waals surface area contributed by atoms with E-state index in [2.05, 4.69) is 10.9 Å². The highest BCUT2D eigenvalue weighted by Gasteiger charge is 2.31. The second-order valence-electron chi connectivity index (χ2n) is 6.43. The Hall–Kier alpha value is -2.38. The lowest BCUT2D eigenvalue weighted by Gasteiger charge is -2.32. The van der Waals surface area contributed by atoms with Gasteiger partial charge in [-0.15, -0.1) is 0 Å². The number of piperidine rings is 1. The monoisotopic (exact) mass is 373 g/mol. The minimum Gasteiger partial charge on any atom is -0.298 e. The molecular formula is C19H23N3O3S. The van der Waals surface area contributed by atoms with Crippen LogP contribution in [0.3, 0.4) is 0 Å². The molecule has 0 bridgehead atoms. The van der Waals surface area contributed by atoms with Crippen molar-refractivity contribution in [3.8, 4) is 0 Å². The Morgan fingerprint density at radius 1 is 1.08 bits per heavy atom. The SMILES string of the molecule is CC1CCCCN1S(=O)(=O)c1cccc(C(=O)NNc2ccccc2)c1. The molecule has 1 aliphatic rings. The van der Waals surface area contributed by atoms with E-state index in [1.807, 2.05) is 37.3 Å². The number of hydrogen-bond donors (Lipinski definition) is 2. The summed E-state index contributed by atoms with van der Waals surface area (Å²) in [6, 6.07) is 15.4. The maximum Gasteiger partial charge on any atom is 0.269 e. The fourth-order valence-corrected chi connectivity index (χ4v) is 4.83. The van der Waals surface area contributed by atoms with E-state index < -0.39 is 15.9 Å². The van der Waals surface area contributed by atoms with Crippen LogP contribution in [0.25, 0.3) is 0 Å². The molecule has 2 N–H and O–H groups in total. The Labute approximate surface area is 154 Å². The average Bonchev–Trinajstić information content (AvgIpc) is 2.67. The number of anilines is 1. The van der Waals surface area contributed by atoms with Gasteiger partial charge in [-0.3, -0.25) is 15.6 Å². The lowest BCUT2D eigenvalue weighted by Crippen LogP contribution is -2.42. The van der Waals surface area contributed by atoms with Gasteiger partial charge in [-0.1, -0.05) is 30.7 Å². The Bertz CT molecular complexity index is 869. The van der Waals surface area contributed by atoms with Gasteiger partial charge in [0.2, 0.25) is 10.0 Å². The van der Waals surface area contributed by atoms with Crippen LogP contribution in [0.1, 0.15) is 36.5 Å². The van der Waals surface area contributed by atoms with Crippen molar-refractivity contribution in [2.24, 2.45) is 0 Å². The van der Waals surface area contributed by atoms with Crippen molar-refractivity contribution in [3.05, 3.63) is 60.2 Å². The summed E-state index contributed by atoms with van der Waals surface area (Å²) in [4.78, 5) is 12.5. The van der Waals surface area contributed by atoms with Gasteiger partial charge in [-0.25, -0.2) is 8.42 Å². The van der Waals surface area contributed by atoms with Gasteiger partial charge in [0.05, 0.1) is 10.6 Å². The summed E-state index contributed by atoms with van der Waals surface area (Å²) in [6.45, 7) is 2.45. The molecule has 1 unspecified atom stereocenters. The number of nitrogens with zero attached hydrogens (tertiary/aromatic N) is 1. The summed E-state index contributed by atoms with van der Waals surface area (Å²) >= 11 is 0. The third-order valence-corrected chi connectivity index (χ3v) is 6.55. The van der Waals surface area contributed by atoms with E-state index in [0.29, 0.717) is 12.1 Å². The predicted molar refractivity (Wildman–Crippen MR) is 101 cm³/mol. The topological polar surface area (TPSA) is 78.5 Å². The quantitative estimate of drug-likeness (QED) is 0.790. The highest BCUT2D eigenvalue weighted by atomic mass is 32.2. The zero-order chi connectivity index (χ0) is 18.6. The van der Waals surface area contributed by atoms with Gasteiger partial charge in [-0.05, 0) is 50.1 Å². The molecule has 1 saturated heterocycles. The normalized spacial score (nSPS) is 18.3. The van der Waals surface area contributed by atoms with Crippen LogP contribution in [0.15, 0.2) is 59.5 Å². The van der Waals surface area contributed by atoms with Crippen molar-refractivity contribution in [2.45, 2.75) is 37.1 Å². The van der Waals surface area contributed by atoms with Gasteiger partial charge >= 0.3 is 0 Å². The third-order valence-electron chi connectivity index (χ3n) is 4.54. The lowest BCUT2D eigenvalue weighted by molar-refractivity contribution is 0.0962. The van der Waals surface area contributed by atoms with Crippen molar-refractivity contribution in [3.63, 3.8) is 0 Å². The van der Waals surface area contributed by atoms with Gasteiger partial charge in [0.15, 0.2) is 0 Å². The zero-order valence-electron chi connectivity index (χ0n) is 14.7. The number of benzene rings is 2. The number of hydrazine groups is 1. The number of carbonyl (C=O) groups is 1. The predicted octanol–water partition coefficient (Wildman–Crippen LogP) is 3.01. The first kappa shape index (κ1) is 18.4. The smallest absolute Gasteiger partial charge is 0.269 e. The van der Waals surface area contributed by atoms with E-state index >= 15 is 0 Å². The highest BCUT2D eigenvalue weighted by Crippen LogP contribution is 2.25. The number of nitrogens with one attached hydrogen (secondary N) is 2. The first-order chi connectivity index (χ1) is 12.5. The summed E-state index contributed by atoms with van der Waals surface area (Å²) < 4.78 is 27.4. The number of carbonyl (C=O) groups excluding carboxylic acids is 1. The van der Waals surface area contributed by atoms with E-state index in [0.717, 1.165) is 24.9 Å². The Balaban J connectivity index is 1.76. The summed E-state index contributed by atoms with van der Waals surface area (Å²) in [5.74, 6) is -0.391. The van der Waals surface area contributed by atoms with Gasteiger partial charge in [0.1, 0.15) is 0 Å². The first-order valence-electron chi connectivity index (χ1n) is 8.72. The average molecular weight is 373 g/mol. The molecule has 6 nitrogen and oxygen atoms in total. The minimum absolute atomic E-state index is 0.0222. The molecule has 0 saturated carbocycles. The largest absolute Gasteiger partial charge is 0.298 e. The molecule has 1 fully saturated rings. The molecule has 138 valence electrons. The summed E-state index contributed by atoms with van der Waals surface area (Å²) in [5, 5.41) is 0. The van der Waals surface area contributed by atoms with Crippen molar-refractivity contribution in [2.75, 3.05) is 12.0 Å². The van der Waals surface area contributed by atoms with Crippen LogP contribution in [-0.2, 0) is 10.0 Å². The van der Waals surface area contributed by atoms with E-state index in [9.17, 15) is 13.2 Å².